The number of H-pyrrole nitrogens is 1. The summed E-state index contributed by atoms with van der Waals surface area (Å²) in [7, 11) is 0. The third kappa shape index (κ3) is 4.46. The topological polar surface area (TPSA) is 88.9 Å². The standard InChI is InChI=1S/C29H28N6O2/c1-2-37-23-14-15-25-22(17-23)18-24(29(36)30-25)27(34-16-8-12-21-11-6-7-13-26(21)34)28-31-32-33-35(28)19-20-9-4-3-5-10-20/h3-7,9-11,13-15,17-18,27H,2,8,12,16,19H2,1H3,(H,30,36). The fourth-order valence-corrected chi connectivity index (χ4v) is 5.21. The predicted molar refractivity (Wildman–Crippen MR) is 143 cm³/mol. The maximum atomic E-state index is 13.6. The Balaban J connectivity index is 1.53. The predicted octanol–water partition coefficient (Wildman–Crippen LogP) is 4.50. The average Bonchev–Trinajstić information content (AvgIpc) is 3.37. The molecule has 1 aliphatic rings. The minimum atomic E-state index is -0.468. The van der Waals surface area contributed by atoms with E-state index in [-0.39, 0.29) is 5.56 Å². The highest BCUT2D eigenvalue weighted by Crippen LogP contribution is 2.37. The Morgan fingerprint density at radius 2 is 1.86 bits per heavy atom. The van der Waals surface area contributed by atoms with Gasteiger partial charge in [-0.15, -0.1) is 5.10 Å². The molecule has 186 valence electrons. The van der Waals surface area contributed by atoms with Crippen LogP contribution in [0, 0.1) is 0 Å². The SMILES string of the molecule is CCOc1ccc2[nH]c(=O)c(C(c3nnnn3Cc3ccccc3)N3CCCc4ccccc43)cc2c1. The summed E-state index contributed by atoms with van der Waals surface area (Å²) in [5.41, 5.74) is 4.66. The van der Waals surface area contributed by atoms with Crippen molar-refractivity contribution < 1.29 is 4.74 Å². The number of tetrazole rings is 1. The fourth-order valence-electron chi connectivity index (χ4n) is 5.21. The lowest BCUT2D eigenvalue weighted by atomic mass is 9.96. The van der Waals surface area contributed by atoms with Gasteiger partial charge in [-0.05, 0) is 71.7 Å². The summed E-state index contributed by atoms with van der Waals surface area (Å²) < 4.78 is 7.53. The second-order valence-electron chi connectivity index (χ2n) is 9.24. The molecule has 0 fully saturated rings. The van der Waals surface area contributed by atoms with E-state index in [1.807, 2.05) is 55.5 Å². The first-order chi connectivity index (χ1) is 18.2. The molecule has 0 bridgehead atoms. The van der Waals surface area contributed by atoms with E-state index < -0.39 is 6.04 Å². The van der Waals surface area contributed by atoms with Crippen LogP contribution in [0.15, 0.2) is 83.7 Å². The molecule has 3 aromatic carbocycles. The second-order valence-corrected chi connectivity index (χ2v) is 9.24. The Morgan fingerprint density at radius 1 is 1.03 bits per heavy atom. The quantitative estimate of drug-likeness (QED) is 0.360. The van der Waals surface area contributed by atoms with Crippen molar-refractivity contribution in [2.24, 2.45) is 0 Å². The fraction of sp³-hybridized carbons (Fsp3) is 0.241. The molecule has 0 aliphatic carbocycles. The average molecular weight is 493 g/mol. The number of fused-ring (bicyclic) bond motifs is 2. The van der Waals surface area contributed by atoms with Gasteiger partial charge in [-0.3, -0.25) is 4.79 Å². The molecule has 3 heterocycles. The summed E-state index contributed by atoms with van der Waals surface area (Å²) in [6, 6.07) is 25.7. The number of anilines is 1. The summed E-state index contributed by atoms with van der Waals surface area (Å²) in [4.78, 5) is 19.0. The van der Waals surface area contributed by atoms with Gasteiger partial charge in [-0.25, -0.2) is 4.68 Å². The number of hydrogen-bond acceptors (Lipinski definition) is 6. The molecule has 5 aromatic rings. The highest BCUT2D eigenvalue weighted by molar-refractivity contribution is 5.81. The van der Waals surface area contributed by atoms with Crippen LogP contribution in [0.3, 0.4) is 0 Å². The molecule has 1 N–H and O–H groups in total. The minimum absolute atomic E-state index is 0.154. The molecule has 0 spiro atoms. The molecule has 0 saturated heterocycles. The number of pyridine rings is 1. The lowest BCUT2D eigenvalue weighted by Gasteiger charge is -2.37. The lowest BCUT2D eigenvalue weighted by Crippen LogP contribution is -2.38. The second kappa shape index (κ2) is 9.89. The van der Waals surface area contributed by atoms with Crippen LogP contribution >= 0.6 is 0 Å². The van der Waals surface area contributed by atoms with Crippen molar-refractivity contribution in [3.05, 3.63) is 112 Å². The zero-order valence-electron chi connectivity index (χ0n) is 20.7. The van der Waals surface area contributed by atoms with Crippen LogP contribution in [0.4, 0.5) is 5.69 Å². The van der Waals surface area contributed by atoms with Gasteiger partial charge in [-0.2, -0.15) is 0 Å². The number of aromatic amines is 1. The highest BCUT2D eigenvalue weighted by Gasteiger charge is 2.33. The van der Waals surface area contributed by atoms with Crippen molar-refractivity contribution in [3.63, 3.8) is 0 Å². The van der Waals surface area contributed by atoms with Crippen LogP contribution in [-0.2, 0) is 13.0 Å². The van der Waals surface area contributed by atoms with Gasteiger partial charge in [0, 0.05) is 28.7 Å². The summed E-state index contributed by atoms with van der Waals surface area (Å²) in [5.74, 6) is 1.40. The number of para-hydroxylation sites is 1. The number of benzene rings is 3. The third-order valence-electron chi connectivity index (χ3n) is 6.89. The zero-order chi connectivity index (χ0) is 25.2. The lowest BCUT2D eigenvalue weighted by molar-refractivity contribution is 0.340. The van der Waals surface area contributed by atoms with E-state index in [2.05, 4.69) is 55.7 Å². The number of rotatable bonds is 7. The number of hydrogen-bond donors (Lipinski definition) is 1. The molecular weight excluding hydrogens is 464 g/mol. The molecule has 1 atom stereocenters. The van der Waals surface area contributed by atoms with Gasteiger partial charge >= 0.3 is 0 Å². The Bertz CT molecular complexity index is 1590. The molecule has 8 heteroatoms. The van der Waals surface area contributed by atoms with Gasteiger partial charge < -0.3 is 14.6 Å². The monoisotopic (exact) mass is 492 g/mol. The summed E-state index contributed by atoms with van der Waals surface area (Å²) >= 11 is 0. The number of ether oxygens (including phenoxy) is 1. The van der Waals surface area contributed by atoms with Crippen molar-refractivity contribution in [1.29, 1.82) is 0 Å². The van der Waals surface area contributed by atoms with E-state index in [1.54, 1.807) is 4.68 Å². The van der Waals surface area contributed by atoms with Gasteiger partial charge in [-0.1, -0.05) is 48.5 Å². The first-order valence-corrected chi connectivity index (χ1v) is 12.7. The number of nitrogens with one attached hydrogen (secondary N) is 1. The number of nitrogens with zero attached hydrogens (tertiary/aromatic N) is 5. The first-order valence-electron chi connectivity index (χ1n) is 12.7. The molecule has 2 aromatic heterocycles. The van der Waals surface area contributed by atoms with Gasteiger partial charge in [0.05, 0.1) is 13.2 Å². The van der Waals surface area contributed by atoms with Crippen molar-refractivity contribution in [3.8, 4) is 5.75 Å². The highest BCUT2D eigenvalue weighted by atomic mass is 16.5. The molecule has 37 heavy (non-hydrogen) atoms. The molecule has 1 unspecified atom stereocenters. The van der Waals surface area contributed by atoms with Crippen LogP contribution in [0.25, 0.3) is 10.9 Å². The van der Waals surface area contributed by atoms with E-state index in [1.165, 1.54) is 5.56 Å². The van der Waals surface area contributed by atoms with E-state index in [0.717, 1.165) is 47.3 Å². The van der Waals surface area contributed by atoms with E-state index in [4.69, 9.17) is 4.74 Å². The van der Waals surface area contributed by atoms with E-state index in [0.29, 0.717) is 24.5 Å². The van der Waals surface area contributed by atoms with Crippen molar-refractivity contribution >= 4 is 16.6 Å². The summed E-state index contributed by atoms with van der Waals surface area (Å²) in [6.07, 6.45) is 1.98. The number of aromatic nitrogens is 5. The van der Waals surface area contributed by atoms with Crippen LogP contribution in [-0.4, -0.2) is 38.3 Å². The Hall–Kier alpha value is -4.46. The van der Waals surface area contributed by atoms with Crippen LogP contribution in [0.5, 0.6) is 5.75 Å². The zero-order valence-corrected chi connectivity index (χ0v) is 20.7. The van der Waals surface area contributed by atoms with Crippen molar-refractivity contribution in [1.82, 2.24) is 25.2 Å². The largest absolute Gasteiger partial charge is 0.494 e. The molecular formula is C29H28N6O2. The van der Waals surface area contributed by atoms with Crippen LogP contribution in [0.2, 0.25) is 0 Å². The van der Waals surface area contributed by atoms with Gasteiger partial charge in [0.25, 0.3) is 5.56 Å². The molecule has 8 nitrogen and oxygen atoms in total. The van der Waals surface area contributed by atoms with Gasteiger partial charge in [0.2, 0.25) is 0 Å². The Morgan fingerprint density at radius 3 is 2.73 bits per heavy atom. The molecule has 6 rings (SSSR count). The number of aryl methyl sites for hydroxylation is 1. The molecule has 1 aliphatic heterocycles. The third-order valence-corrected chi connectivity index (χ3v) is 6.89. The van der Waals surface area contributed by atoms with Crippen molar-refractivity contribution in [2.75, 3.05) is 18.1 Å². The normalized spacial score (nSPS) is 13.9. The van der Waals surface area contributed by atoms with Gasteiger partial charge in [0.1, 0.15) is 11.8 Å². The van der Waals surface area contributed by atoms with Crippen LogP contribution < -0.4 is 15.2 Å². The smallest absolute Gasteiger partial charge is 0.254 e. The van der Waals surface area contributed by atoms with E-state index in [9.17, 15) is 4.79 Å². The van der Waals surface area contributed by atoms with E-state index >= 15 is 0 Å². The molecule has 0 amide bonds. The summed E-state index contributed by atoms with van der Waals surface area (Å²) in [6.45, 7) is 3.83. The van der Waals surface area contributed by atoms with Crippen LogP contribution in [0.1, 0.15) is 41.9 Å². The first kappa shape index (κ1) is 23.0. The maximum Gasteiger partial charge on any atom is 0.254 e. The Labute approximate surface area is 214 Å². The molecule has 0 saturated carbocycles. The van der Waals surface area contributed by atoms with Crippen molar-refractivity contribution in [2.45, 2.75) is 32.4 Å². The minimum Gasteiger partial charge on any atom is -0.494 e. The summed E-state index contributed by atoms with van der Waals surface area (Å²) in [5, 5.41) is 13.8. The maximum absolute atomic E-state index is 13.6. The van der Waals surface area contributed by atoms with Gasteiger partial charge in [0.15, 0.2) is 5.82 Å². The molecule has 0 radical (unpaired) electrons. The Kier molecular flexibility index (Phi) is 6.14.